The summed E-state index contributed by atoms with van der Waals surface area (Å²) in [6, 6.07) is 3.95. The largest absolute Gasteiger partial charge is 0.293 e. The fourth-order valence-electron chi connectivity index (χ4n) is 0.974. The molecule has 0 radical (unpaired) electrons. The van der Waals surface area contributed by atoms with Crippen LogP contribution in [0.4, 0.5) is 0 Å². The van der Waals surface area contributed by atoms with E-state index in [0.29, 0.717) is 0 Å². The molecule has 0 aliphatic rings. The van der Waals surface area contributed by atoms with Gasteiger partial charge in [0.05, 0.1) is 16.4 Å². The maximum Gasteiger partial charge on any atom is 0.1000 e. The summed E-state index contributed by atoms with van der Waals surface area (Å²) in [6.07, 6.45) is 3.54. The van der Waals surface area contributed by atoms with Crippen molar-refractivity contribution in [1.29, 1.82) is 0 Å². The van der Waals surface area contributed by atoms with Crippen LogP contribution >= 0.6 is 31.9 Å². The molecule has 0 atom stereocenters. The Bertz CT molecular complexity index is 358. The number of rotatable bonds is 0. The molecule has 0 unspecified atom stereocenters. The molecule has 0 aromatic carbocycles. The molecule has 0 aliphatic carbocycles. The lowest BCUT2D eigenvalue weighted by atomic mass is 10.5. The number of aromatic nitrogens is 2. The molecular formula is C7H4Br2N2. The SMILES string of the molecule is Brc1cc(Br)n2cnccc12. The number of fused-ring (bicyclic) bond motifs is 1. The van der Waals surface area contributed by atoms with E-state index in [2.05, 4.69) is 36.8 Å². The molecule has 0 N–H and O–H groups in total. The van der Waals surface area contributed by atoms with Gasteiger partial charge in [-0.1, -0.05) is 0 Å². The van der Waals surface area contributed by atoms with Crippen LogP contribution in [0.2, 0.25) is 0 Å². The Balaban J connectivity index is 2.95. The zero-order chi connectivity index (χ0) is 7.84. The second kappa shape index (κ2) is 2.60. The lowest BCUT2D eigenvalue weighted by Gasteiger charge is -1.92. The van der Waals surface area contributed by atoms with Crippen molar-refractivity contribution in [3.63, 3.8) is 0 Å². The van der Waals surface area contributed by atoms with Gasteiger partial charge in [-0.05, 0) is 44.0 Å². The van der Waals surface area contributed by atoms with Crippen molar-refractivity contribution in [1.82, 2.24) is 9.38 Å². The summed E-state index contributed by atoms with van der Waals surface area (Å²) in [5, 5.41) is 0. The topological polar surface area (TPSA) is 17.3 Å². The quantitative estimate of drug-likeness (QED) is 0.723. The van der Waals surface area contributed by atoms with Crippen molar-refractivity contribution >= 4 is 37.4 Å². The van der Waals surface area contributed by atoms with Gasteiger partial charge in [-0.3, -0.25) is 4.40 Å². The first kappa shape index (κ1) is 7.31. The van der Waals surface area contributed by atoms with E-state index in [1.165, 1.54) is 0 Å². The van der Waals surface area contributed by atoms with Crippen molar-refractivity contribution in [3.05, 3.63) is 33.7 Å². The van der Waals surface area contributed by atoms with E-state index in [9.17, 15) is 0 Å². The maximum absolute atomic E-state index is 4.00. The molecular weight excluding hydrogens is 272 g/mol. The highest BCUT2D eigenvalue weighted by atomic mass is 79.9. The second-order valence-electron chi connectivity index (χ2n) is 2.15. The number of nitrogens with zero attached hydrogens (tertiary/aromatic N) is 2. The van der Waals surface area contributed by atoms with Crippen molar-refractivity contribution in [2.24, 2.45) is 0 Å². The molecule has 0 spiro atoms. The van der Waals surface area contributed by atoms with Gasteiger partial charge in [-0.15, -0.1) is 0 Å². The first-order valence-electron chi connectivity index (χ1n) is 3.05. The first-order chi connectivity index (χ1) is 5.29. The van der Waals surface area contributed by atoms with Crippen LogP contribution in [0.1, 0.15) is 0 Å². The monoisotopic (exact) mass is 274 g/mol. The zero-order valence-corrected chi connectivity index (χ0v) is 8.63. The summed E-state index contributed by atoms with van der Waals surface area (Å²) in [7, 11) is 0. The number of halogens is 2. The molecule has 0 saturated heterocycles. The van der Waals surface area contributed by atoms with Crippen LogP contribution < -0.4 is 0 Å². The highest BCUT2D eigenvalue weighted by molar-refractivity contribution is 9.11. The Morgan fingerprint density at radius 2 is 2.18 bits per heavy atom. The average Bonchev–Trinajstić information content (AvgIpc) is 2.30. The lowest BCUT2D eigenvalue weighted by molar-refractivity contribution is 1.07. The molecule has 0 aliphatic heterocycles. The molecule has 4 heteroatoms. The number of hydrogen-bond donors (Lipinski definition) is 0. The van der Waals surface area contributed by atoms with Crippen LogP contribution in [-0.4, -0.2) is 9.38 Å². The van der Waals surface area contributed by atoms with Crippen LogP contribution in [0.3, 0.4) is 0 Å². The van der Waals surface area contributed by atoms with Gasteiger partial charge in [0.15, 0.2) is 0 Å². The molecule has 2 nitrogen and oxygen atoms in total. The van der Waals surface area contributed by atoms with Crippen molar-refractivity contribution in [2.75, 3.05) is 0 Å². The normalized spacial score (nSPS) is 10.7. The number of hydrogen-bond acceptors (Lipinski definition) is 1. The summed E-state index contributed by atoms with van der Waals surface area (Å²) in [4.78, 5) is 4.00. The Morgan fingerprint density at radius 3 is 2.91 bits per heavy atom. The average molecular weight is 276 g/mol. The maximum atomic E-state index is 4.00. The van der Waals surface area contributed by atoms with Gasteiger partial charge in [-0.2, -0.15) is 0 Å². The summed E-state index contributed by atoms with van der Waals surface area (Å²) in [5.74, 6) is 0. The van der Waals surface area contributed by atoms with Gasteiger partial charge in [-0.25, -0.2) is 4.98 Å². The van der Waals surface area contributed by atoms with Gasteiger partial charge in [0.2, 0.25) is 0 Å². The third-order valence-corrected chi connectivity index (χ3v) is 2.73. The molecule has 2 rings (SSSR count). The fourth-order valence-corrected chi connectivity index (χ4v) is 2.33. The highest BCUT2D eigenvalue weighted by Crippen LogP contribution is 2.24. The van der Waals surface area contributed by atoms with E-state index in [-0.39, 0.29) is 0 Å². The van der Waals surface area contributed by atoms with E-state index in [1.807, 2.05) is 16.5 Å². The summed E-state index contributed by atoms with van der Waals surface area (Å²) in [6.45, 7) is 0. The Hall–Kier alpha value is -0.350. The minimum Gasteiger partial charge on any atom is -0.293 e. The Labute approximate surface area is 80.5 Å². The molecule has 0 amide bonds. The Morgan fingerprint density at radius 1 is 1.36 bits per heavy atom. The zero-order valence-electron chi connectivity index (χ0n) is 5.46. The van der Waals surface area contributed by atoms with Crippen molar-refractivity contribution in [3.8, 4) is 0 Å². The molecule has 56 valence electrons. The standard InChI is InChI=1S/C7H4Br2N2/c8-5-3-7(9)11-4-10-2-1-6(5)11/h1-4H. The lowest BCUT2D eigenvalue weighted by Crippen LogP contribution is -1.83. The summed E-state index contributed by atoms with van der Waals surface area (Å²) < 4.78 is 4.05. The predicted molar refractivity (Wildman–Crippen MR) is 50.6 cm³/mol. The van der Waals surface area contributed by atoms with Crippen LogP contribution in [-0.2, 0) is 0 Å². The first-order valence-corrected chi connectivity index (χ1v) is 4.64. The molecule has 0 saturated carbocycles. The van der Waals surface area contributed by atoms with Gasteiger partial charge in [0, 0.05) is 10.7 Å². The summed E-state index contributed by atoms with van der Waals surface area (Å²) in [5.41, 5.74) is 1.12. The molecule has 0 bridgehead atoms. The van der Waals surface area contributed by atoms with Crippen LogP contribution in [0, 0.1) is 0 Å². The smallest absolute Gasteiger partial charge is 0.1000 e. The van der Waals surface area contributed by atoms with Gasteiger partial charge < -0.3 is 0 Å². The molecule has 0 fully saturated rings. The highest BCUT2D eigenvalue weighted by Gasteiger charge is 2.02. The van der Waals surface area contributed by atoms with E-state index < -0.39 is 0 Å². The van der Waals surface area contributed by atoms with Gasteiger partial charge in [0.25, 0.3) is 0 Å². The third-order valence-electron chi connectivity index (χ3n) is 1.48. The van der Waals surface area contributed by atoms with E-state index in [4.69, 9.17) is 0 Å². The van der Waals surface area contributed by atoms with Gasteiger partial charge in [0.1, 0.15) is 0 Å². The van der Waals surface area contributed by atoms with Crippen LogP contribution in [0.15, 0.2) is 33.7 Å². The minimum absolute atomic E-state index is 1.01. The van der Waals surface area contributed by atoms with E-state index >= 15 is 0 Å². The second-order valence-corrected chi connectivity index (χ2v) is 3.82. The Kier molecular flexibility index (Phi) is 1.73. The van der Waals surface area contributed by atoms with Crippen molar-refractivity contribution < 1.29 is 0 Å². The van der Waals surface area contributed by atoms with E-state index in [1.54, 1.807) is 12.5 Å². The summed E-state index contributed by atoms with van der Waals surface area (Å²) >= 11 is 6.85. The molecule has 2 aromatic rings. The third kappa shape index (κ3) is 1.10. The molecule has 11 heavy (non-hydrogen) atoms. The molecule has 2 heterocycles. The van der Waals surface area contributed by atoms with Crippen molar-refractivity contribution in [2.45, 2.75) is 0 Å². The predicted octanol–water partition coefficient (Wildman–Crippen LogP) is 2.86. The van der Waals surface area contributed by atoms with Gasteiger partial charge >= 0.3 is 0 Å². The molecule has 2 aromatic heterocycles. The van der Waals surface area contributed by atoms with E-state index in [0.717, 1.165) is 14.6 Å². The minimum atomic E-state index is 1.01. The van der Waals surface area contributed by atoms with Crippen LogP contribution in [0.25, 0.3) is 5.52 Å². The van der Waals surface area contributed by atoms with Crippen LogP contribution in [0.5, 0.6) is 0 Å². The fraction of sp³-hybridized carbons (Fsp3) is 0.